The molecule has 0 aromatic carbocycles. The maximum Gasteiger partial charge on any atom is 0.347 e. The summed E-state index contributed by atoms with van der Waals surface area (Å²) < 4.78 is 0. The van der Waals surface area contributed by atoms with Crippen molar-refractivity contribution in [3.63, 3.8) is 0 Å². The van der Waals surface area contributed by atoms with Gasteiger partial charge >= 0.3 is 12.0 Å². The van der Waals surface area contributed by atoms with Crippen LogP contribution in [0.1, 0.15) is 13.8 Å². The predicted molar refractivity (Wildman–Crippen MR) is 58.8 cm³/mol. The van der Waals surface area contributed by atoms with Crippen LogP contribution in [0.5, 0.6) is 0 Å². The van der Waals surface area contributed by atoms with Crippen molar-refractivity contribution in [3.8, 4) is 0 Å². The lowest BCUT2D eigenvalue weighted by molar-refractivity contribution is -0.132. The highest BCUT2D eigenvalue weighted by Crippen LogP contribution is 1.94. The van der Waals surface area contributed by atoms with Crippen molar-refractivity contribution in [2.45, 2.75) is 13.8 Å². The van der Waals surface area contributed by atoms with E-state index in [2.05, 4.69) is 4.99 Å². The first-order valence-electron chi connectivity index (χ1n) is 4.23. The molecule has 16 heavy (non-hydrogen) atoms. The second kappa shape index (κ2) is 6.73. The molecule has 6 nitrogen and oxygen atoms in total. The summed E-state index contributed by atoms with van der Waals surface area (Å²) in [7, 11) is 0. The van der Waals surface area contributed by atoms with Crippen LogP contribution in [0.3, 0.4) is 0 Å². The number of urea groups is 1. The molecule has 2 N–H and O–H groups in total. The Morgan fingerprint density at radius 2 is 1.94 bits per heavy atom. The third-order valence-corrected chi connectivity index (χ3v) is 1.65. The highest BCUT2D eigenvalue weighted by Gasteiger charge is 2.05. The molecule has 0 radical (unpaired) electrons. The van der Waals surface area contributed by atoms with Gasteiger partial charge in [-0.3, -0.25) is 10.1 Å². The molecule has 0 rings (SSSR count). The highest BCUT2D eigenvalue weighted by molar-refractivity contribution is 6.28. The summed E-state index contributed by atoms with van der Waals surface area (Å²) in [6.07, 6.45) is 1.22. The molecular weight excluding hydrogens is 236 g/mol. The minimum Gasteiger partial charge on any atom is -0.478 e. The van der Waals surface area contributed by atoms with E-state index in [1.807, 2.05) is 5.32 Å². The van der Waals surface area contributed by atoms with Gasteiger partial charge in [0.25, 0.3) is 0 Å². The van der Waals surface area contributed by atoms with Crippen LogP contribution < -0.4 is 5.32 Å². The predicted octanol–water partition coefficient (Wildman–Crippen LogP) is 0.953. The van der Waals surface area contributed by atoms with Gasteiger partial charge in [-0.2, -0.15) is 4.99 Å². The average Bonchev–Trinajstić information content (AvgIpc) is 2.16. The number of nitrogens with zero attached hydrogens (tertiary/aromatic N) is 1. The van der Waals surface area contributed by atoms with Crippen LogP contribution in [0, 0.1) is 0 Å². The van der Waals surface area contributed by atoms with Crippen molar-refractivity contribution in [3.05, 3.63) is 11.6 Å². The smallest absolute Gasteiger partial charge is 0.347 e. The van der Waals surface area contributed by atoms with Crippen LogP contribution in [0.4, 0.5) is 4.79 Å². The molecule has 0 atom stereocenters. The lowest BCUT2D eigenvalue weighted by atomic mass is 10.2. The maximum absolute atomic E-state index is 11.0. The molecule has 0 saturated heterocycles. The van der Waals surface area contributed by atoms with Gasteiger partial charge in [0.2, 0.25) is 5.91 Å². The normalized spacial score (nSPS) is 12.2. The molecule has 0 fully saturated rings. The molecule has 0 saturated carbocycles. The highest BCUT2D eigenvalue weighted by atomic mass is 35.5. The molecule has 0 spiro atoms. The number of imide groups is 1. The molecule has 3 amide bonds. The number of hydrogen-bond acceptors (Lipinski definition) is 3. The number of halogens is 1. The number of carboxylic acid groups (broad SMARTS) is 1. The van der Waals surface area contributed by atoms with Crippen LogP contribution in [0.25, 0.3) is 0 Å². The molecule has 0 aliphatic carbocycles. The van der Waals surface area contributed by atoms with Crippen molar-refractivity contribution in [1.82, 2.24) is 5.32 Å². The van der Waals surface area contributed by atoms with Crippen LogP contribution in [0.2, 0.25) is 0 Å². The number of amides is 3. The molecule has 88 valence electrons. The lowest BCUT2D eigenvalue weighted by Crippen LogP contribution is -2.29. The Kier molecular flexibility index (Phi) is 6.02. The molecular formula is C9H11ClN2O4. The Balaban J connectivity index is 4.55. The van der Waals surface area contributed by atoms with Gasteiger partial charge in [-0.1, -0.05) is 0 Å². The summed E-state index contributed by atoms with van der Waals surface area (Å²) in [6, 6.07) is -0.877. The Bertz CT molecular complexity index is 374. The molecule has 0 aromatic heterocycles. The average molecular weight is 247 g/mol. The van der Waals surface area contributed by atoms with E-state index in [0.717, 1.165) is 0 Å². The fourth-order valence-electron chi connectivity index (χ4n) is 0.748. The van der Waals surface area contributed by atoms with Crippen molar-refractivity contribution in [1.29, 1.82) is 0 Å². The number of nitrogens with one attached hydrogen (secondary N) is 1. The van der Waals surface area contributed by atoms with Crippen LogP contribution >= 0.6 is 11.6 Å². The fraction of sp³-hybridized carbons (Fsp3) is 0.333. The molecule has 0 aliphatic rings. The zero-order valence-electron chi connectivity index (χ0n) is 8.78. The van der Waals surface area contributed by atoms with Crippen LogP contribution in [0.15, 0.2) is 16.6 Å². The van der Waals surface area contributed by atoms with Crippen molar-refractivity contribution >= 4 is 35.2 Å². The van der Waals surface area contributed by atoms with Gasteiger partial charge in [0, 0.05) is 11.3 Å². The van der Waals surface area contributed by atoms with Gasteiger partial charge in [0.1, 0.15) is 5.88 Å². The van der Waals surface area contributed by atoms with E-state index in [0.29, 0.717) is 0 Å². The SMILES string of the molecule is CC(=CC(C)=NC(=O)NC(=O)CCl)C(=O)O. The first-order valence-corrected chi connectivity index (χ1v) is 4.77. The number of rotatable bonds is 3. The van der Waals surface area contributed by atoms with Gasteiger partial charge < -0.3 is 5.11 Å². The second-order valence-corrected chi connectivity index (χ2v) is 3.14. The van der Waals surface area contributed by atoms with E-state index >= 15 is 0 Å². The summed E-state index contributed by atoms with van der Waals surface area (Å²) in [4.78, 5) is 35.6. The van der Waals surface area contributed by atoms with Crippen LogP contribution in [-0.2, 0) is 9.59 Å². The first-order chi connectivity index (χ1) is 7.36. The summed E-state index contributed by atoms with van der Waals surface area (Å²) in [5, 5.41) is 10.4. The van der Waals surface area contributed by atoms with Gasteiger partial charge in [0.15, 0.2) is 0 Å². The van der Waals surface area contributed by atoms with Crippen molar-refractivity contribution < 1.29 is 19.5 Å². The van der Waals surface area contributed by atoms with E-state index in [1.165, 1.54) is 19.9 Å². The largest absolute Gasteiger partial charge is 0.478 e. The van der Waals surface area contributed by atoms with E-state index in [9.17, 15) is 14.4 Å². The van der Waals surface area contributed by atoms with Gasteiger partial charge in [-0.05, 0) is 19.9 Å². The van der Waals surface area contributed by atoms with Crippen molar-refractivity contribution in [2.24, 2.45) is 4.99 Å². The number of carbonyl (C=O) groups excluding carboxylic acids is 2. The number of alkyl halides is 1. The standard InChI is InChI=1S/C9H11ClN2O4/c1-5(8(14)15)3-6(2)11-9(16)12-7(13)4-10/h3H,4H2,1-2H3,(H,14,15)(H,12,13,16). The lowest BCUT2D eigenvalue weighted by Gasteiger charge is -1.97. The van der Waals surface area contributed by atoms with E-state index < -0.39 is 17.9 Å². The van der Waals surface area contributed by atoms with Crippen LogP contribution in [-0.4, -0.2) is 34.6 Å². The number of aliphatic imine (C=N–C) groups is 1. The Hall–Kier alpha value is -1.69. The molecule has 0 bridgehead atoms. The number of carboxylic acids is 1. The third kappa shape index (κ3) is 5.92. The monoisotopic (exact) mass is 246 g/mol. The summed E-state index contributed by atoms with van der Waals surface area (Å²) in [5.74, 6) is -2.11. The Morgan fingerprint density at radius 1 is 1.38 bits per heavy atom. The topological polar surface area (TPSA) is 95.8 Å². The van der Waals surface area contributed by atoms with Crippen molar-refractivity contribution in [2.75, 3.05) is 5.88 Å². The Morgan fingerprint density at radius 3 is 2.38 bits per heavy atom. The van der Waals surface area contributed by atoms with E-state index in [1.54, 1.807) is 0 Å². The maximum atomic E-state index is 11.0. The number of aliphatic carboxylic acids is 1. The second-order valence-electron chi connectivity index (χ2n) is 2.87. The fourth-order valence-corrected chi connectivity index (χ4v) is 0.815. The molecule has 0 heterocycles. The minimum absolute atomic E-state index is 0.0396. The zero-order valence-corrected chi connectivity index (χ0v) is 9.54. The Labute approximate surface area is 97.0 Å². The summed E-state index contributed by atoms with van der Waals surface area (Å²) in [6.45, 7) is 2.81. The summed E-state index contributed by atoms with van der Waals surface area (Å²) >= 11 is 5.16. The molecule has 0 aliphatic heterocycles. The third-order valence-electron chi connectivity index (χ3n) is 1.41. The van der Waals surface area contributed by atoms with Gasteiger partial charge in [-0.15, -0.1) is 11.6 Å². The molecule has 7 heteroatoms. The molecule has 0 aromatic rings. The molecule has 0 unspecified atom stereocenters. The van der Waals surface area contributed by atoms with Gasteiger partial charge in [-0.25, -0.2) is 9.59 Å². The number of allylic oxidation sites excluding steroid dienone is 1. The zero-order chi connectivity index (χ0) is 12.7. The van der Waals surface area contributed by atoms with E-state index in [-0.39, 0.29) is 17.2 Å². The van der Waals surface area contributed by atoms with Gasteiger partial charge in [0.05, 0.1) is 0 Å². The summed E-state index contributed by atoms with van der Waals surface area (Å²) in [5.41, 5.74) is 0.220. The first kappa shape index (κ1) is 14.3. The van der Waals surface area contributed by atoms with E-state index in [4.69, 9.17) is 16.7 Å². The quantitative estimate of drug-likeness (QED) is 0.440. The number of hydrogen-bond donors (Lipinski definition) is 2. The number of carbonyl (C=O) groups is 3. The minimum atomic E-state index is -1.10.